The van der Waals surface area contributed by atoms with Crippen LogP contribution in [0.1, 0.15) is 0 Å². The third-order valence-corrected chi connectivity index (χ3v) is 2.03. The maximum Gasteiger partial charge on any atom is 1.00 e. The molecule has 1 atom stereocenters. The number of ether oxygens (including phenoxy) is 1. The van der Waals surface area contributed by atoms with Crippen molar-refractivity contribution in [3.63, 3.8) is 0 Å². The summed E-state index contributed by atoms with van der Waals surface area (Å²) in [5, 5.41) is 0. The number of hydrogen-bond donors (Lipinski definition) is 0. The zero-order valence-electron chi connectivity index (χ0n) is 6.86. The molecule has 1 heterocycles. The zero-order chi connectivity index (χ0) is 8.27. The molecule has 0 N–H and O–H groups in total. The number of carbonyl (C=O) groups is 1. The van der Waals surface area contributed by atoms with Gasteiger partial charge < -0.3 is 9.63 Å². The molecule has 0 aromatic rings. The molecule has 0 aliphatic carbocycles. The van der Waals surface area contributed by atoms with E-state index in [1.807, 2.05) is 0 Å². The zero-order valence-corrected chi connectivity index (χ0v) is 9.75. The van der Waals surface area contributed by atoms with Crippen molar-refractivity contribution < 1.29 is 48.5 Å². The molecule has 0 spiro atoms. The van der Waals surface area contributed by atoms with Crippen LogP contribution in [0.3, 0.4) is 0 Å². The average molecular weight is 200 g/mol. The Morgan fingerprint density at radius 2 is 1.92 bits per heavy atom. The van der Waals surface area contributed by atoms with Crippen molar-refractivity contribution in [3.05, 3.63) is 0 Å². The van der Waals surface area contributed by atoms with Gasteiger partial charge in [-0.15, -0.1) is 0 Å². The predicted octanol–water partition coefficient (Wildman–Crippen LogP) is -3.45. The molecule has 1 fully saturated rings. The Morgan fingerprint density at radius 3 is 2.33 bits per heavy atom. The van der Waals surface area contributed by atoms with Crippen LogP contribution in [0.4, 0.5) is 4.79 Å². The third kappa shape index (κ3) is 3.47. The molecule has 1 aliphatic rings. The van der Waals surface area contributed by atoms with Crippen molar-refractivity contribution in [2.75, 3.05) is 26.3 Å². The van der Waals surface area contributed by atoms with Crippen molar-refractivity contribution in [1.82, 2.24) is 4.90 Å². The first-order valence-electron chi connectivity index (χ1n) is 3.23. The van der Waals surface area contributed by atoms with Crippen LogP contribution in [-0.4, -0.2) is 36.9 Å². The van der Waals surface area contributed by atoms with Crippen molar-refractivity contribution >= 4 is 13.7 Å². The monoisotopic (exact) mass is 200 g/mol. The Labute approximate surface area is 93.2 Å². The third-order valence-electron chi connectivity index (χ3n) is 1.44. The summed E-state index contributed by atoms with van der Waals surface area (Å²) < 4.78 is 15.1. The Bertz CT molecular complexity index is 182. The first-order valence-corrected chi connectivity index (χ1v) is 4.40. The summed E-state index contributed by atoms with van der Waals surface area (Å²) in [6.07, 6.45) is 0. The quantitative estimate of drug-likeness (QED) is 0.326. The summed E-state index contributed by atoms with van der Waals surface area (Å²) in [6.45, 7) is 1.61. The molecule has 1 amide bonds. The van der Waals surface area contributed by atoms with Gasteiger partial charge in [-0.25, -0.2) is 4.79 Å². The molecular formula is C5H8NNaO4P+. The Morgan fingerprint density at radius 1 is 1.42 bits per heavy atom. The van der Waals surface area contributed by atoms with Crippen LogP contribution in [0.2, 0.25) is 0 Å². The standard InChI is InChI=1S/C5H8NO4P.Na/c7-5(11(8)9)6-1-3-10-4-2-6;/h1-4H2;/q;+1. The molecule has 0 radical (unpaired) electrons. The van der Waals surface area contributed by atoms with Gasteiger partial charge in [-0.3, -0.25) is 4.90 Å². The van der Waals surface area contributed by atoms with Crippen molar-refractivity contribution in [3.8, 4) is 0 Å². The molecule has 7 heteroatoms. The van der Waals surface area contributed by atoms with Gasteiger partial charge in [0.25, 0.3) is 0 Å². The number of morpholine rings is 1. The second-order valence-electron chi connectivity index (χ2n) is 2.14. The fourth-order valence-corrected chi connectivity index (χ4v) is 1.30. The normalized spacial score (nSPS) is 18.1. The van der Waals surface area contributed by atoms with E-state index in [1.165, 1.54) is 4.90 Å². The van der Waals surface area contributed by atoms with Crippen molar-refractivity contribution in [2.24, 2.45) is 0 Å². The van der Waals surface area contributed by atoms with E-state index >= 15 is 0 Å². The fraction of sp³-hybridized carbons (Fsp3) is 0.800. The molecule has 0 aromatic carbocycles. The summed E-state index contributed by atoms with van der Waals surface area (Å²) in [7, 11) is -2.95. The molecule has 62 valence electrons. The summed E-state index contributed by atoms with van der Waals surface area (Å²) in [4.78, 5) is 22.2. The summed E-state index contributed by atoms with van der Waals surface area (Å²) in [6, 6.07) is 0. The minimum absolute atomic E-state index is 0. The number of carbonyl (C=O) groups excluding carboxylic acids is 1. The predicted molar refractivity (Wildman–Crippen MR) is 35.4 cm³/mol. The first-order chi connectivity index (χ1) is 5.22. The average Bonchev–Trinajstić information content (AvgIpc) is 2.05. The van der Waals surface area contributed by atoms with Crippen molar-refractivity contribution in [1.29, 1.82) is 0 Å². The molecule has 0 saturated carbocycles. The van der Waals surface area contributed by atoms with Crippen LogP contribution >= 0.6 is 8.03 Å². The molecule has 1 aliphatic heterocycles. The van der Waals surface area contributed by atoms with Crippen LogP contribution in [0, 0.1) is 0 Å². The van der Waals surface area contributed by atoms with E-state index in [9.17, 15) is 14.3 Å². The van der Waals surface area contributed by atoms with Crippen LogP contribution in [0.15, 0.2) is 0 Å². The van der Waals surface area contributed by atoms with E-state index in [0.29, 0.717) is 26.3 Å². The molecule has 1 unspecified atom stereocenters. The van der Waals surface area contributed by atoms with E-state index in [4.69, 9.17) is 4.74 Å². The first kappa shape index (κ1) is 12.5. The van der Waals surface area contributed by atoms with Gasteiger partial charge >= 0.3 is 43.2 Å². The number of hydrogen-bond acceptors (Lipinski definition) is 4. The van der Waals surface area contributed by atoms with E-state index < -0.39 is 13.7 Å². The van der Waals surface area contributed by atoms with Gasteiger partial charge in [0, 0.05) is 13.1 Å². The van der Waals surface area contributed by atoms with Gasteiger partial charge in [0.05, 0.1) is 13.2 Å². The van der Waals surface area contributed by atoms with E-state index in [1.54, 1.807) is 0 Å². The van der Waals surface area contributed by atoms with E-state index in [-0.39, 0.29) is 29.6 Å². The Hall–Kier alpha value is 0.490. The van der Waals surface area contributed by atoms with Gasteiger partial charge in [0.2, 0.25) is 0 Å². The second kappa shape index (κ2) is 6.02. The molecule has 12 heavy (non-hydrogen) atoms. The Balaban J connectivity index is 0.00000121. The number of nitrogens with zero attached hydrogens (tertiary/aromatic N) is 1. The SMILES string of the molecule is O=C(N1CCOCC1)[P+](=O)[O-].[Na+]. The van der Waals surface area contributed by atoms with Crippen LogP contribution in [-0.2, 0) is 9.30 Å². The number of amides is 1. The van der Waals surface area contributed by atoms with Gasteiger partial charge in [0.15, 0.2) is 0 Å². The summed E-state index contributed by atoms with van der Waals surface area (Å²) >= 11 is 0. The second-order valence-corrected chi connectivity index (χ2v) is 3.04. The minimum Gasteiger partial charge on any atom is -0.587 e. The number of rotatable bonds is 1. The van der Waals surface area contributed by atoms with E-state index in [2.05, 4.69) is 0 Å². The largest absolute Gasteiger partial charge is 1.00 e. The minimum atomic E-state index is -2.95. The molecule has 1 rings (SSSR count). The maximum absolute atomic E-state index is 10.8. The van der Waals surface area contributed by atoms with Crippen LogP contribution in [0.5, 0.6) is 0 Å². The molecule has 5 nitrogen and oxygen atoms in total. The maximum atomic E-state index is 10.8. The van der Waals surface area contributed by atoms with Crippen LogP contribution in [0.25, 0.3) is 0 Å². The molecule has 1 saturated heterocycles. The fourth-order valence-electron chi connectivity index (χ4n) is 0.870. The van der Waals surface area contributed by atoms with Crippen molar-refractivity contribution in [2.45, 2.75) is 0 Å². The van der Waals surface area contributed by atoms with Crippen LogP contribution < -0.4 is 34.5 Å². The summed E-state index contributed by atoms with van der Waals surface area (Å²) in [5.74, 6) is 0. The molecular weight excluding hydrogens is 192 g/mol. The topological polar surface area (TPSA) is 69.7 Å². The smallest absolute Gasteiger partial charge is 0.587 e. The van der Waals surface area contributed by atoms with Gasteiger partial charge in [-0.1, -0.05) is 4.57 Å². The van der Waals surface area contributed by atoms with E-state index in [0.717, 1.165) is 0 Å². The van der Waals surface area contributed by atoms with Gasteiger partial charge in [-0.05, 0) is 0 Å². The van der Waals surface area contributed by atoms with Gasteiger partial charge in [-0.2, -0.15) is 0 Å². The van der Waals surface area contributed by atoms with Gasteiger partial charge in [0.1, 0.15) is 0 Å². The Kier molecular flexibility index (Phi) is 6.27. The summed E-state index contributed by atoms with van der Waals surface area (Å²) in [5.41, 5.74) is -0.802. The molecule has 0 bridgehead atoms. The molecule has 0 aromatic heterocycles.